The molecule has 0 bridgehead atoms. The minimum Gasteiger partial charge on any atom is -0.342 e. The van der Waals surface area contributed by atoms with E-state index < -0.39 is 0 Å². The summed E-state index contributed by atoms with van der Waals surface area (Å²) in [4.78, 5) is 13.8. The Morgan fingerprint density at radius 3 is 2.63 bits per heavy atom. The number of carbonyl (C=O) groups is 1. The molecule has 1 N–H and O–H groups in total. The highest BCUT2D eigenvalue weighted by Crippen LogP contribution is 2.17. The maximum absolute atomic E-state index is 13.1. The predicted molar refractivity (Wildman–Crippen MR) is 78.3 cm³/mol. The highest BCUT2D eigenvalue weighted by Gasteiger charge is 2.17. The Labute approximate surface area is 122 Å². The lowest BCUT2D eigenvalue weighted by molar-refractivity contribution is -0.132. The van der Waals surface area contributed by atoms with Crippen LogP contribution < -0.4 is 5.32 Å². The zero-order valence-electron chi connectivity index (χ0n) is 11.5. The molecule has 106 valence electrons. The fraction of sp³-hybridized carbons (Fsp3) is 0.500. The van der Waals surface area contributed by atoms with E-state index in [0.29, 0.717) is 19.6 Å². The molecule has 1 atom stereocenters. The van der Waals surface area contributed by atoms with Crippen molar-refractivity contribution in [2.75, 3.05) is 13.1 Å². The second kappa shape index (κ2) is 7.60. The summed E-state index contributed by atoms with van der Waals surface area (Å²) in [7, 11) is 0. The van der Waals surface area contributed by atoms with Crippen LogP contribution in [0.5, 0.6) is 0 Å². The summed E-state index contributed by atoms with van der Waals surface area (Å²) in [5, 5.41) is 3.13. The van der Waals surface area contributed by atoms with Gasteiger partial charge in [0.1, 0.15) is 5.82 Å². The Balaban J connectivity index is 2.61. The van der Waals surface area contributed by atoms with Crippen LogP contribution in [0.15, 0.2) is 22.7 Å². The molecular weight excluding hydrogens is 311 g/mol. The van der Waals surface area contributed by atoms with Crippen LogP contribution in [0, 0.1) is 5.82 Å². The van der Waals surface area contributed by atoms with Gasteiger partial charge in [0.15, 0.2) is 0 Å². The summed E-state index contributed by atoms with van der Waals surface area (Å²) in [5.41, 5.74) is 0.805. The molecule has 0 saturated carbocycles. The SMILES string of the molecule is CCN(CC)C(=O)C(C)NCc1cc(F)ccc1Br. The van der Waals surface area contributed by atoms with Crippen LogP contribution in [0.1, 0.15) is 26.3 Å². The normalized spacial score (nSPS) is 12.3. The Kier molecular flexibility index (Phi) is 6.45. The monoisotopic (exact) mass is 330 g/mol. The van der Waals surface area contributed by atoms with E-state index in [2.05, 4.69) is 21.2 Å². The van der Waals surface area contributed by atoms with E-state index >= 15 is 0 Å². The molecule has 0 fully saturated rings. The molecular formula is C14H20BrFN2O. The molecule has 19 heavy (non-hydrogen) atoms. The average molecular weight is 331 g/mol. The van der Waals surface area contributed by atoms with Crippen molar-refractivity contribution in [3.8, 4) is 0 Å². The molecule has 0 aliphatic rings. The highest BCUT2D eigenvalue weighted by atomic mass is 79.9. The third-order valence-corrected chi connectivity index (χ3v) is 3.83. The molecule has 5 heteroatoms. The minimum absolute atomic E-state index is 0.0672. The van der Waals surface area contributed by atoms with Gasteiger partial charge in [-0.1, -0.05) is 15.9 Å². The van der Waals surface area contributed by atoms with Gasteiger partial charge in [-0.05, 0) is 44.5 Å². The molecule has 0 saturated heterocycles. The summed E-state index contributed by atoms with van der Waals surface area (Å²) >= 11 is 3.37. The number of rotatable bonds is 6. The van der Waals surface area contributed by atoms with E-state index in [-0.39, 0.29) is 17.8 Å². The van der Waals surface area contributed by atoms with Gasteiger partial charge in [0.25, 0.3) is 0 Å². The molecule has 0 spiro atoms. The van der Waals surface area contributed by atoms with Gasteiger partial charge < -0.3 is 10.2 Å². The number of hydrogen-bond acceptors (Lipinski definition) is 2. The Morgan fingerprint density at radius 2 is 2.05 bits per heavy atom. The molecule has 0 heterocycles. The Hall–Kier alpha value is -0.940. The zero-order chi connectivity index (χ0) is 14.4. The van der Waals surface area contributed by atoms with Gasteiger partial charge >= 0.3 is 0 Å². The van der Waals surface area contributed by atoms with Crippen LogP contribution in [0.2, 0.25) is 0 Å². The van der Waals surface area contributed by atoms with Gasteiger partial charge in [-0.25, -0.2) is 4.39 Å². The molecule has 1 rings (SSSR count). The van der Waals surface area contributed by atoms with Crippen molar-refractivity contribution in [2.45, 2.75) is 33.4 Å². The number of nitrogens with zero attached hydrogens (tertiary/aromatic N) is 1. The van der Waals surface area contributed by atoms with Crippen molar-refractivity contribution in [1.82, 2.24) is 10.2 Å². The van der Waals surface area contributed by atoms with Crippen molar-refractivity contribution < 1.29 is 9.18 Å². The number of benzene rings is 1. The summed E-state index contributed by atoms with van der Waals surface area (Å²) in [5.74, 6) is -0.208. The van der Waals surface area contributed by atoms with E-state index in [1.54, 1.807) is 11.0 Å². The molecule has 1 aromatic carbocycles. The lowest BCUT2D eigenvalue weighted by Gasteiger charge is -2.23. The molecule has 1 amide bonds. The number of likely N-dealkylation sites (N-methyl/N-ethyl adjacent to an activating group) is 1. The molecule has 3 nitrogen and oxygen atoms in total. The van der Waals surface area contributed by atoms with Crippen molar-refractivity contribution in [2.24, 2.45) is 0 Å². The topological polar surface area (TPSA) is 32.3 Å². The van der Waals surface area contributed by atoms with Crippen molar-refractivity contribution in [3.63, 3.8) is 0 Å². The minimum atomic E-state index is -0.282. The van der Waals surface area contributed by atoms with E-state index in [1.807, 2.05) is 20.8 Å². The quantitative estimate of drug-likeness (QED) is 0.869. The van der Waals surface area contributed by atoms with Crippen LogP contribution >= 0.6 is 15.9 Å². The smallest absolute Gasteiger partial charge is 0.239 e. The van der Waals surface area contributed by atoms with Gasteiger partial charge in [-0.15, -0.1) is 0 Å². The number of carbonyl (C=O) groups excluding carboxylic acids is 1. The fourth-order valence-electron chi connectivity index (χ4n) is 1.84. The van der Waals surface area contributed by atoms with Crippen LogP contribution in [-0.4, -0.2) is 29.9 Å². The maximum atomic E-state index is 13.1. The average Bonchev–Trinajstić information content (AvgIpc) is 2.40. The van der Waals surface area contributed by atoms with Gasteiger partial charge in [0.2, 0.25) is 5.91 Å². The van der Waals surface area contributed by atoms with Gasteiger partial charge in [-0.3, -0.25) is 4.79 Å². The summed E-state index contributed by atoms with van der Waals surface area (Å²) < 4.78 is 14.0. The first-order valence-corrected chi connectivity index (χ1v) is 7.25. The number of hydrogen-bond donors (Lipinski definition) is 1. The molecule has 1 aromatic rings. The summed E-state index contributed by atoms with van der Waals surface area (Å²) in [6, 6.07) is 4.25. The van der Waals surface area contributed by atoms with Gasteiger partial charge in [0, 0.05) is 24.1 Å². The standard InChI is InChI=1S/C14H20BrFN2O/c1-4-18(5-2)14(19)10(3)17-9-11-8-12(16)6-7-13(11)15/h6-8,10,17H,4-5,9H2,1-3H3. The molecule has 0 radical (unpaired) electrons. The lowest BCUT2D eigenvalue weighted by Crippen LogP contribution is -2.44. The van der Waals surface area contributed by atoms with Crippen molar-refractivity contribution in [3.05, 3.63) is 34.1 Å². The lowest BCUT2D eigenvalue weighted by atomic mass is 10.2. The van der Waals surface area contributed by atoms with E-state index in [0.717, 1.165) is 10.0 Å². The first kappa shape index (κ1) is 16.1. The van der Waals surface area contributed by atoms with Crippen molar-refractivity contribution >= 4 is 21.8 Å². The van der Waals surface area contributed by atoms with E-state index in [9.17, 15) is 9.18 Å². The fourth-order valence-corrected chi connectivity index (χ4v) is 2.23. The van der Waals surface area contributed by atoms with Crippen LogP contribution in [0.4, 0.5) is 4.39 Å². The van der Waals surface area contributed by atoms with Crippen LogP contribution in [-0.2, 0) is 11.3 Å². The van der Waals surface area contributed by atoms with Crippen LogP contribution in [0.25, 0.3) is 0 Å². The third kappa shape index (κ3) is 4.58. The molecule has 0 aliphatic carbocycles. The van der Waals surface area contributed by atoms with E-state index in [4.69, 9.17) is 0 Å². The molecule has 0 aliphatic heterocycles. The van der Waals surface area contributed by atoms with Gasteiger partial charge in [0.05, 0.1) is 6.04 Å². The zero-order valence-corrected chi connectivity index (χ0v) is 13.1. The molecule has 0 aromatic heterocycles. The third-order valence-electron chi connectivity index (χ3n) is 3.05. The highest BCUT2D eigenvalue weighted by molar-refractivity contribution is 9.10. The summed E-state index contributed by atoms with van der Waals surface area (Å²) in [6.45, 7) is 7.59. The largest absolute Gasteiger partial charge is 0.342 e. The summed E-state index contributed by atoms with van der Waals surface area (Å²) in [6.07, 6.45) is 0. The number of amides is 1. The predicted octanol–water partition coefficient (Wildman–Crippen LogP) is 2.93. The van der Waals surface area contributed by atoms with E-state index in [1.165, 1.54) is 12.1 Å². The maximum Gasteiger partial charge on any atom is 0.239 e. The second-order valence-corrected chi connectivity index (χ2v) is 5.20. The first-order chi connectivity index (χ1) is 8.99. The first-order valence-electron chi connectivity index (χ1n) is 6.45. The Bertz CT molecular complexity index is 435. The Morgan fingerprint density at radius 1 is 1.42 bits per heavy atom. The van der Waals surface area contributed by atoms with Crippen molar-refractivity contribution in [1.29, 1.82) is 0 Å². The molecule has 1 unspecified atom stereocenters. The number of nitrogens with one attached hydrogen (secondary N) is 1. The van der Waals surface area contributed by atoms with Crippen LogP contribution in [0.3, 0.4) is 0 Å². The number of halogens is 2. The second-order valence-electron chi connectivity index (χ2n) is 4.35. The van der Waals surface area contributed by atoms with Gasteiger partial charge in [-0.2, -0.15) is 0 Å².